The molecule has 0 radical (unpaired) electrons. The SMILES string of the molecule is CC1(C)CC(NC(=O)C(c2ccccc2)n2cnnn2)CCO1. The minimum atomic E-state index is -0.572. The van der Waals surface area contributed by atoms with E-state index < -0.39 is 6.04 Å². The number of aromatic nitrogens is 4. The number of rotatable bonds is 4. The van der Waals surface area contributed by atoms with Crippen molar-refractivity contribution in [3.05, 3.63) is 42.2 Å². The fourth-order valence-corrected chi connectivity index (χ4v) is 2.98. The standard InChI is InChI=1S/C16H21N5O2/c1-16(2)10-13(8-9-23-16)18-15(22)14(21-11-17-19-20-21)12-6-4-3-5-7-12/h3-7,11,13-14H,8-10H2,1-2H3,(H,18,22). The van der Waals surface area contributed by atoms with Gasteiger partial charge in [-0.25, -0.2) is 4.68 Å². The molecule has 7 heteroatoms. The summed E-state index contributed by atoms with van der Waals surface area (Å²) >= 11 is 0. The van der Waals surface area contributed by atoms with Gasteiger partial charge < -0.3 is 10.1 Å². The summed E-state index contributed by atoms with van der Waals surface area (Å²) in [4.78, 5) is 12.9. The predicted molar refractivity (Wildman–Crippen MR) is 83.6 cm³/mol. The molecule has 0 bridgehead atoms. The molecule has 2 unspecified atom stereocenters. The van der Waals surface area contributed by atoms with Crippen LogP contribution in [0.1, 0.15) is 38.3 Å². The van der Waals surface area contributed by atoms with Gasteiger partial charge >= 0.3 is 0 Å². The molecule has 0 saturated carbocycles. The molecule has 1 aromatic carbocycles. The van der Waals surface area contributed by atoms with Crippen molar-refractivity contribution in [2.75, 3.05) is 6.61 Å². The van der Waals surface area contributed by atoms with Crippen molar-refractivity contribution in [2.24, 2.45) is 0 Å². The van der Waals surface area contributed by atoms with E-state index in [9.17, 15) is 4.79 Å². The van der Waals surface area contributed by atoms with Crippen molar-refractivity contribution in [3.63, 3.8) is 0 Å². The minimum Gasteiger partial charge on any atom is -0.375 e. The maximum Gasteiger partial charge on any atom is 0.249 e. The summed E-state index contributed by atoms with van der Waals surface area (Å²) in [5.41, 5.74) is 0.636. The van der Waals surface area contributed by atoms with Crippen molar-refractivity contribution in [2.45, 2.75) is 44.4 Å². The third kappa shape index (κ3) is 3.73. The molecule has 7 nitrogen and oxygen atoms in total. The molecule has 1 aliphatic heterocycles. The van der Waals surface area contributed by atoms with Crippen LogP contribution in [0.25, 0.3) is 0 Å². The first-order chi connectivity index (χ1) is 11.1. The summed E-state index contributed by atoms with van der Waals surface area (Å²) in [7, 11) is 0. The molecule has 3 rings (SSSR count). The molecular formula is C16H21N5O2. The highest BCUT2D eigenvalue weighted by Gasteiger charge is 2.32. The van der Waals surface area contributed by atoms with Crippen LogP contribution in [0.3, 0.4) is 0 Å². The van der Waals surface area contributed by atoms with Crippen molar-refractivity contribution in [1.82, 2.24) is 25.5 Å². The van der Waals surface area contributed by atoms with Gasteiger partial charge in [-0.3, -0.25) is 4.79 Å². The van der Waals surface area contributed by atoms with Gasteiger partial charge in [0.1, 0.15) is 6.33 Å². The fraction of sp³-hybridized carbons (Fsp3) is 0.500. The summed E-state index contributed by atoms with van der Waals surface area (Å²) < 4.78 is 7.19. The monoisotopic (exact) mass is 315 g/mol. The van der Waals surface area contributed by atoms with Crippen LogP contribution in [0.4, 0.5) is 0 Å². The number of carbonyl (C=O) groups excluding carboxylic acids is 1. The number of hydrogen-bond acceptors (Lipinski definition) is 5. The van der Waals surface area contributed by atoms with Crippen LogP contribution in [0, 0.1) is 0 Å². The lowest BCUT2D eigenvalue weighted by Crippen LogP contribution is -2.47. The number of hydrogen-bond donors (Lipinski definition) is 1. The van der Waals surface area contributed by atoms with Crippen LogP contribution >= 0.6 is 0 Å². The van der Waals surface area contributed by atoms with E-state index in [1.807, 2.05) is 44.2 Å². The number of amides is 1. The fourth-order valence-electron chi connectivity index (χ4n) is 2.98. The summed E-state index contributed by atoms with van der Waals surface area (Å²) in [6.07, 6.45) is 3.06. The largest absolute Gasteiger partial charge is 0.375 e. The first-order valence-electron chi connectivity index (χ1n) is 7.77. The summed E-state index contributed by atoms with van der Waals surface area (Å²) in [6, 6.07) is 9.04. The Bertz CT molecular complexity index is 642. The first-order valence-corrected chi connectivity index (χ1v) is 7.77. The predicted octanol–water partition coefficient (Wildman–Crippen LogP) is 1.34. The van der Waals surface area contributed by atoms with Gasteiger partial charge in [0.15, 0.2) is 6.04 Å². The number of benzene rings is 1. The molecular weight excluding hydrogens is 294 g/mol. The Hall–Kier alpha value is -2.28. The lowest BCUT2D eigenvalue weighted by molar-refractivity contribution is -0.126. The van der Waals surface area contributed by atoms with Gasteiger partial charge in [0.25, 0.3) is 0 Å². The van der Waals surface area contributed by atoms with E-state index in [0.717, 1.165) is 18.4 Å². The molecule has 23 heavy (non-hydrogen) atoms. The number of ether oxygens (including phenoxy) is 1. The molecule has 0 aliphatic carbocycles. The zero-order chi connectivity index (χ0) is 16.3. The van der Waals surface area contributed by atoms with Crippen LogP contribution in [0.15, 0.2) is 36.7 Å². The Morgan fingerprint density at radius 2 is 2.17 bits per heavy atom. The molecule has 1 N–H and O–H groups in total. The van der Waals surface area contributed by atoms with E-state index in [-0.39, 0.29) is 17.6 Å². The molecule has 122 valence electrons. The van der Waals surface area contributed by atoms with Crippen molar-refractivity contribution in [3.8, 4) is 0 Å². The lowest BCUT2D eigenvalue weighted by Gasteiger charge is -2.36. The van der Waals surface area contributed by atoms with Crippen LogP contribution < -0.4 is 5.32 Å². The zero-order valence-corrected chi connectivity index (χ0v) is 13.3. The Labute approximate surface area is 135 Å². The average Bonchev–Trinajstić information content (AvgIpc) is 3.01. The smallest absolute Gasteiger partial charge is 0.249 e. The van der Waals surface area contributed by atoms with Gasteiger partial charge in [0.05, 0.1) is 5.60 Å². The third-order valence-electron chi connectivity index (χ3n) is 4.04. The second-order valence-corrected chi connectivity index (χ2v) is 6.41. The third-order valence-corrected chi connectivity index (χ3v) is 4.04. The van der Waals surface area contributed by atoms with E-state index >= 15 is 0 Å². The van der Waals surface area contributed by atoms with E-state index in [2.05, 4.69) is 20.8 Å². The number of carbonyl (C=O) groups is 1. The highest BCUT2D eigenvalue weighted by molar-refractivity contribution is 5.83. The van der Waals surface area contributed by atoms with Gasteiger partial charge in [0, 0.05) is 12.6 Å². The van der Waals surface area contributed by atoms with Crippen LogP contribution in [0.2, 0.25) is 0 Å². The molecule has 1 fully saturated rings. The molecule has 1 saturated heterocycles. The molecule has 1 aliphatic rings. The van der Waals surface area contributed by atoms with Crippen LogP contribution in [0.5, 0.6) is 0 Å². The van der Waals surface area contributed by atoms with Crippen molar-refractivity contribution in [1.29, 1.82) is 0 Å². The Kier molecular flexibility index (Phi) is 4.38. The lowest BCUT2D eigenvalue weighted by atomic mass is 9.93. The second kappa shape index (κ2) is 6.45. The number of nitrogens with one attached hydrogen (secondary N) is 1. The average molecular weight is 315 g/mol. The summed E-state index contributed by atoms with van der Waals surface area (Å²) in [6.45, 7) is 4.74. The highest BCUT2D eigenvalue weighted by atomic mass is 16.5. The molecule has 1 aromatic heterocycles. The topological polar surface area (TPSA) is 81.9 Å². The number of nitrogens with zero attached hydrogens (tertiary/aromatic N) is 4. The maximum atomic E-state index is 12.9. The van der Waals surface area contributed by atoms with Gasteiger partial charge in [-0.05, 0) is 42.7 Å². The number of tetrazole rings is 1. The normalized spacial score (nSPS) is 21.6. The quantitative estimate of drug-likeness (QED) is 0.920. The van der Waals surface area contributed by atoms with E-state index in [4.69, 9.17) is 4.74 Å². The van der Waals surface area contributed by atoms with Gasteiger partial charge in [0.2, 0.25) is 5.91 Å². The van der Waals surface area contributed by atoms with Crippen LogP contribution in [-0.4, -0.2) is 44.4 Å². The Morgan fingerprint density at radius 1 is 1.39 bits per heavy atom. The minimum absolute atomic E-state index is 0.0916. The summed E-state index contributed by atoms with van der Waals surface area (Å²) in [5.74, 6) is -0.105. The maximum absolute atomic E-state index is 12.9. The van der Waals surface area contributed by atoms with Crippen LogP contribution in [-0.2, 0) is 9.53 Å². The highest BCUT2D eigenvalue weighted by Crippen LogP contribution is 2.25. The van der Waals surface area contributed by atoms with Gasteiger partial charge in [-0.1, -0.05) is 30.3 Å². The Morgan fingerprint density at radius 3 is 2.83 bits per heavy atom. The Balaban J connectivity index is 1.79. The molecule has 1 amide bonds. The molecule has 0 spiro atoms. The van der Waals surface area contributed by atoms with Crippen molar-refractivity contribution >= 4 is 5.91 Å². The van der Waals surface area contributed by atoms with E-state index in [1.165, 1.54) is 11.0 Å². The van der Waals surface area contributed by atoms with Gasteiger partial charge in [-0.2, -0.15) is 0 Å². The zero-order valence-electron chi connectivity index (χ0n) is 13.3. The first kappa shape index (κ1) is 15.6. The second-order valence-electron chi connectivity index (χ2n) is 6.41. The summed E-state index contributed by atoms with van der Waals surface area (Å²) in [5, 5.41) is 14.3. The molecule has 2 aromatic rings. The molecule has 2 atom stereocenters. The van der Waals surface area contributed by atoms with E-state index in [0.29, 0.717) is 6.61 Å². The van der Waals surface area contributed by atoms with Crippen molar-refractivity contribution < 1.29 is 9.53 Å². The molecule has 2 heterocycles. The van der Waals surface area contributed by atoms with E-state index in [1.54, 1.807) is 0 Å². The van der Waals surface area contributed by atoms with Gasteiger partial charge in [-0.15, -0.1) is 5.10 Å².